The molecule has 9 heteroatoms. The second-order valence-electron chi connectivity index (χ2n) is 6.13. The molecule has 30 heavy (non-hydrogen) atoms. The van der Waals surface area contributed by atoms with Gasteiger partial charge in [-0.05, 0) is 49.4 Å². The average Bonchev–Trinajstić information content (AvgIpc) is 2.74. The van der Waals surface area contributed by atoms with Crippen LogP contribution in [0.5, 0.6) is 5.75 Å². The Morgan fingerprint density at radius 2 is 1.90 bits per heavy atom. The number of ether oxygens (including phenoxy) is 2. The lowest BCUT2D eigenvalue weighted by Crippen LogP contribution is -2.20. The SMILES string of the molecule is CCOc1ccc(NC(=O)CSc2[nH]c3ccc(Cl)cc3c(=O)c2C(=O)OC)cc1. The molecule has 0 bridgehead atoms. The third kappa shape index (κ3) is 4.95. The molecule has 2 N–H and O–H groups in total. The van der Waals surface area contributed by atoms with Crippen LogP contribution >= 0.6 is 23.4 Å². The Hall–Kier alpha value is -2.97. The van der Waals surface area contributed by atoms with Gasteiger partial charge in [0.15, 0.2) is 0 Å². The molecule has 1 aromatic heterocycles. The van der Waals surface area contributed by atoms with Crippen LogP contribution in [0.4, 0.5) is 5.69 Å². The number of aromatic nitrogens is 1. The van der Waals surface area contributed by atoms with Gasteiger partial charge in [0.2, 0.25) is 11.3 Å². The highest BCUT2D eigenvalue weighted by molar-refractivity contribution is 8.00. The van der Waals surface area contributed by atoms with Crippen LogP contribution in [0, 0.1) is 0 Å². The van der Waals surface area contributed by atoms with Crippen molar-refractivity contribution >= 4 is 51.8 Å². The van der Waals surface area contributed by atoms with Crippen LogP contribution in [0.3, 0.4) is 0 Å². The van der Waals surface area contributed by atoms with E-state index in [2.05, 4.69) is 10.3 Å². The summed E-state index contributed by atoms with van der Waals surface area (Å²) >= 11 is 7.00. The molecule has 0 spiro atoms. The molecule has 1 heterocycles. The van der Waals surface area contributed by atoms with Gasteiger partial charge in [0, 0.05) is 16.1 Å². The smallest absolute Gasteiger partial charge is 0.344 e. The molecule has 156 valence electrons. The molecule has 1 amide bonds. The number of benzene rings is 2. The van der Waals surface area contributed by atoms with Crippen molar-refractivity contribution in [3.63, 3.8) is 0 Å². The number of rotatable bonds is 7. The monoisotopic (exact) mass is 446 g/mol. The zero-order valence-electron chi connectivity index (χ0n) is 16.3. The molecule has 2 aromatic carbocycles. The van der Waals surface area contributed by atoms with Gasteiger partial charge in [-0.2, -0.15) is 0 Å². The number of thioether (sulfide) groups is 1. The lowest BCUT2D eigenvalue weighted by atomic mass is 10.1. The summed E-state index contributed by atoms with van der Waals surface area (Å²) in [6.07, 6.45) is 0. The third-order valence-electron chi connectivity index (χ3n) is 4.11. The number of nitrogens with one attached hydrogen (secondary N) is 2. The van der Waals surface area contributed by atoms with E-state index in [0.717, 1.165) is 11.8 Å². The summed E-state index contributed by atoms with van der Waals surface area (Å²) in [4.78, 5) is 40.4. The van der Waals surface area contributed by atoms with Gasteiger partial charge in [0.05, 0.1) is 30.0 Å². The van der Waals surface area contributed by atoms with Gasteiger partial charge in [0.25, 0.3) is 0 Å². The van der Waals surface area contributed by atoms with Crippen LogP contribution in [0.1, 0.15) is 17.3 Å². The van der Waals surface area contributed by atoms with E-state index in [1.54, 1.807) is 36.4 Å². The number of methoxy groups -OCH3 is 1. The maximum absolute atomic E-state index is 12.8. The van der Waals surface area contributed by atoms with Gasteiger partial charge >= 0.3 is 5.97 Å². The Morgan fingerprint density at radius 1 is 1.17 bits per heavy atom. The topological polar surface area (TPSA) is 97.5 Å². The second-order valence-corrected chi connectivity index (χ2v) is 7.56. The highest BCUT2D eigenvalue weighted by Gasteiger charge is 2.21. The van der Waals surface area contributed by atoms with Gasteiger partial charge in [0.1, 0.15) is 11.3 Å². The van der Waals surface area contributed by atoms with Crippen molar-refractivity contribution in [2.75, 3.05) is 24.8 Å². The first-order chi connectivity index (χ1) is 14.4. The number of hydrogen-bond donors (Lipinski definition) is 2. The van der Waals surface area contributed by atoms with Crippen LogP contribution in [0.15, 0.2) is 52.3 Å². The molecule has 0 unspecified atom stereocenters. The highest BCUT2D eigenvalue weighted by Crippen LogP contribution is 2.24. The lowest BCUT2D eigenvalue weighted by Gasteiger charge is -2.10. The predicted molar refractivity (Wildman–Crippen MR) is 118 cm³/mol. The van der Waals surface area contributed by atoms with Gasteiger partial charge in [-0.25, -0.2) is 4.79 Å². The van der Waals surface area contributed by atoms with E-state index in [4.69, 9.17) is 21.1 Å². The molecule has 0 radical (unpaired) electrons. The molecule has 0 aliphatic heterocycles. The van der Waals surface area contributed by atoms with E-state index in [9.17, 15) is 14.4 Å². The first-order valence-electron chi connectivity index (χ1n) is 9.02. The number of amides is 1. The molecule has 7 nitrogen and oxygen atoms in total. The minimum absolute atomic E-state index is 0.0216. The first kappa shape index (κ1) is 21.7. The van der Waals surface area contributed by atoms with Crippen molar-refractivity contribution in [1.29, 1.82) is 0 Å². The number of aromatic amines is 1. The molecule has 0 aliphatic rings. The Kier molecular flexibility index (Phi) is 7.02. The summed E-state index contributed by atoms with van der Waals surface area (Å²) in [5, 5.41) is 3.66. The molecular weight excluding hydrogens is 428 g/mol. The minimum Gasteiger partial charge on any atom is -0.494 e. The van der Waals surface area contributed by atoms with Crippen molar-refractivity contribution in [3.05, 3.63) is 63.3 Å². The van der Waals surface area contributed by atoms with Crippen molar-refractivity contribution in [2.24, 2.45) is 0 Å². The molecule has 3 rings (SSSR count). The van der Waals surface area contributed by atoms with Gasteiger partial charge < -0.3 is 19.8 Å². The van der Waals surface area contributed by atoms with Crippen LogP contribution in [0.25, 0.3) is 10.9 Å². The summed E-state index contributed by atoms with van der Waals surface area (Å²) in [6, 6.07) is 11.7. The largest absolute Gasteiger partial charge is 0.494 e. The lowest BCUT2D eigenvalue weighted by molar-refractivity contribution is -0.113. The van der Waals surface area contributed by atoms with Crippen molar-refractivity contribution in [2.45, 2.75) is 11.9 Å². The zero-order chi connectivity index (χ0) is 21.7. The number of anilines is 1. The molecule has 0 atom stereocenters. The van der Waals surface area contributed by atoms with Crippen molar-refractivity contribution in [3.8, 4) is 5.75 Å². The van der Waals surface area contributed by atoms with Crippen LogP contribution < -0.4 is 15.5 Å². The van der Waals surface area contributed by atoms with Gasteiger partial charge in [-0.3, -0.25) is 9.59 Å². The molecular formula is C21H19ClN2O5S. The summed E-state index contributed by atoms with van der Waals surface area (Å²) in [5.74, 6) is -0.391. The Labute approximate surface area is 181 Å². The van der Waals surface area contributed by atoms with E-state index in [0.29, 0.717) is 28.6 Å². The van der Waals surface area contributed by atoms with E-state index in [1.807, 2.05) is 6.92 Å². The quantitative estimate of drug-likeness (QED) is 0.419. The van der Waals surface area contributed by atoms with Crippen LogP contribution in [-0.2, 0) is 9.53 Å². The molecule has 0 saturated carbocycles. The predicted octanol–water partition coefficient (Wildman–Crippen LogP) is 4.10. The molecule has 3 aromatic rings. The highest BCUT2D eigenvalue weighted by atomic mass is 35.5. The van der Waals surface area contributed by atoms with Crippen LogP contribution in [0.2, 0.25) is 5.02 Å². The van der Waals surface area contributed by atoms with E-state index < -0.39 is 11.4 Å². The molecule has 0 saturated heterocycles. The van der Waals surface area contributed by atoms with Gasteiger partial charge in [-0.1, -0.05) is 23.4 Å². The fourth-order valence-corrected chi connectivity index (χ4v) is 3.79. The fourth-order valence-electron chi connectivity index (χ4n) is 2.77. The van der Waals surface area contributed by atoms with Crippen molar-refractivity contribution < 1.29 is 19.1 Å². The number of carbonyl (C=O) groups excluding carboxylic acids is 2. The number of esters is 1. The average molecular weight is 447 g/mol. The maximum atomic E-state index is 12.8. The fraction of sp³-hybridized carbons (Fsp3) is 0.190. The number of carbonyl (C=O) groups is 2. The minimum atomic E-state index is -0.785. The Bertz CT molecular complexity index is 1140. The number of fused-ring (bicyclic) bond motifs is 1. The zero-order valence-corrected chi connectivity index (χ0v) is 17.9. The van der Waals surface area contributed by atoms with Crippen molar-refractivity contribution in [1.82, 2.24) is 4.98 Å². The molecule has 0 fully saturated rings. The Morgan fingerprint density at radius 3 is 2.57 bits per heavy atom. The number of halogens is 1. The van der Waals surface area contributed by atoms with Crippen LogP contribution in [-0.4, -0.2) is 36.3 Å². The summed E-state index contributed by atoms with van der Waals surface area (Å²) in [6.45, 7) is 2.45. The third-order valence-corrected chi connectivity index (χ3v) is 5.35. The summed E-state index contributed by atoms with van der Waals surface area (Å²) in [7, 11) is 1.19. The van der Waals surface area contributed by atoms with E-state index in [-0.39, 0.29) is 27.6 Å². The standard InChI is InChI=1S/C21H19ClN2O5S/c1-3-29-14-7-5-13(6-8-14)23-17(25)11-30-20-18(21(27)28-2)19(26)15-10-12(22)4-9-16(15)24-20/h4-10H,3,11H2,1-2H3,(H,23,25)(H,24,26). The maximum Gasteiger partial charge on any atom is 0.344 e. The van der Waals surface area contributed by atoms with E-state index >= 15 is 0 Å². The second kappa shape index (κ2) is 9.69. The number of pyridine rings is 1. The van der Waals surface area contributed by atoms with Gasteiger partial charge in [-0.15, -0.1) is 0 Å². The number of H-pyrrole nitrogens is 1. The van der Waals surface area contributed by atoms with E-state index in [1.165, 1.54) is 13.2 Å². The normalized spacial score (nSPS) is 10.6. The first-order valence-corrected chi connectivity index (χ1v) is 10.4. The summed E-state index contributed by atoms with van der Waals surface area (Å²) < 4.78 is 10.1. The summed E-state index contributed by atoms with van der Waals surface area (Å²) in [5.41, 5.74) is 0.448. The molecule has 0 aliphatic carbocycles. The number of hydrogen-bond acceptors (Lipinski definition) is 6. The Balaban J connectivity index is 1.80.